The van der Waals surface area contributed by atoms with Gasteiger partial charge < -0.3 is 10.1 Å². The molecule has 5 nitrogen and oxygen atoms in total. The number of para-hydroxylation sites is 1. The molecule has 1 aliphatic carbocycles. The number of nitrogens with zero attached hydrogens (tertiary/aromatic N) is 1. The van der Waals surface area contributed by atoms with Crippen LogP contribution in [0.5, 0.6) is 0 Å². The molecule has 1 N–H and O–H groups in total. The number of hydrogen-bond acceptors (Lipinski definition) is 6. The van der Waals surface area contributed by atoms with Crippen molar-refractivity contribution in [2.24, 2.45) is 0 Å². The lowest BCUT2D eigenvalue weighted by atomic mass is 10.1. The van der Waals surface area contributed by atoms with E-state index in [1.807, 2.05) is 42.5 Å². The number of aromatic nitrogens is 1. The molecule has 0 spiro atoms. The zero-order valence-corrected chi connectivity index (χ0v) is 16.1. The molecule has 0 radical (unpaired) electrons. The zero-order chi connectivity index (χ0) is 18.6. The normalized spacial score (nSPS) is 14.7. The van der Waals surface area contributed by atoms with Gasteiger partial charge in [-0.25, -0.2) is 4.98 Å². The molecule has 27 heavy (non-hydrogen) atoms. The average Bonchev–Trinajstić information content (AvgIpc) is 3.40. The standard InChI is InChI=1S/C20H18N2O3S2/c23-17(12-26-20-22-15-8-4-5-9-16(15)27-20)25-18(13-6-2-1-3-7-13)19(24)21-14-10-11-14/h1-9,14,18H,10-12H2,(H,21,24). The highest BCUT2D eigenvalue weighted by molar-refractivity contribution is 8.01. The van der Waals surface area contributed by atoms with Crippen molar-refractivity contribution in [1.29, 1.82) is 0 Å². The van der Waals surface area contributed by atoms with Crippen LogP contribution in [0.3, 0.4) is 0 Å². The van der Waals surface area contributed by atoms with Crippen molar-refractivity contribution in [1.82, 2.24) is 10.3 Å². The first-order chi connectivity index (χ1) is 13.2. The predicted molar refractivity (Wildman–Crippen MR) is 107 cm³/mol. The van der Waals surface area contributed by atoms with Crippen LogP contribution >= 0.6 is 23.1 Å². The highest BCUT2D eigenvalue weighted by Gasteiger charge is 2.30. The number of esters is 1. The first kappa shape index (κ1) is 18.0. The molecule has 0 aliphatic heterocycles. The Morgan fingerprint density at radius 2 is 1.89 bits per heavy atom. The molecule has 1 aromatic heterocycles. The molecule has 4 rings (SSSR count). The van der Waals surface area contributed by atoms with Gasteiger partial charge in [0.2, 0.25) is 6.10 Å². The summed E-state index contributed by atoms with van der Waals surface area (Å²) in [5.74, 6) is -0.582. The molecule has 1 fully saturated rings. The van der Waals surface area contributed by atoms with Crippen LogP contribution in [0.2, 0.25) is 0 Å². The molecule has 1 amide bonds. The van der Waals surface area contributed by atoms with E-state index in [4.69, 9.17) is 4.74 Å². The first-order valence-corrected chi connectivity index (χ1v) is 10.5. The molecular weight excluding hydrogens is 380 g/mol. The fraction of sp³-hybridized carbons (Fsp3) is 0.250. The summed E-state index contributed by atoms with van der Waals surface area (Å²) >= 11 is 2.87. The number of benzene rings is 2. The number of hydrogen-bond donors (Lipinski definition) is 1. The summed E-state index contributed by atoms with van der Waals surface area (Å²) in [7, 11) is 0. The quantitative estimate of drug-likeness (QED) is 0.482. The maximum atomic E-state index is 12.5. The van der Waals surface area contributed by atoms with Gasteiger partial charge in [0.25, 0.3) is 5.91 Å². The maximum Gasteiger partial charge on any atom is 0.317 e. The third-order valence-corrected chi connectivity index (χ3v) is 6.25. The summed E-state index contributed by atoms with van der Waals surface area (Å²) in [6.45, 7) is 0. The number of carbonyl (C=O) groups is 2. The maximum absolute atomic E-state index is 12.5. The van der Waals surface area contributed by atoms with Gasteiger partial charge >= 0.3 is 5.97 Å². The number of ether oxygens (including phenoxy) is 1. The smallest absolute Gasteiger partial charge is 0.317 e. The van der Waals surface area contributed by atoms with E-state index in [0.717, 1.165) is 27.4 Å². The summed E-state index contributed by atoms with van der Waals surface area (Å²) in [6.07, 6.45) is 1.04. The summed E-state index contributed by atoms with van der Waals surface area (Å²) in [5.41, 5.74) is 1.60. The Balaban J connectivity index is 1.40. The lowest BCUT2D eigenvalue weighted by Gasteiger charge is -2.17. The molecule has 1 heterocycles. The Labute approximate surface area is 165 Å². The molecule has 7 heteroatoms. The Hall–Kier alpha value is -2.38. The van der Waals surface area contributed by atoms with Crippen molar-refractivity contribution in [3.8, 4) is 0 Å². The number of amides is 1. The molecule has 1 saturated carbocycles. The summed E-state index contributed by atoms with van der Waals surface area (Å²) in [5, 5.41) is 2.92. The molecule has 2 aromatic carbocycles. The second-order valence-corrected chi connectivity index (χ2v) is 8.55. The van der Waals surface area contributed by atoms with Gasteiger partial charge in [0.05, 0.1) is 16.0 Å². The molecule has 1 aliphatic rings. The third kappa shape index (κ3) is 4.67. The Morgan fingerprint density at radius 1 is 1.15 bits per heavy atom. The van der Waals surface area contributed by atoms with E-state index >= 15 is 0 Å². The third-order valence-electron chi connectivity index (χ3n) is 4.10. The van der Waals surface area contributed by atoms with E-state index in [9.17, 15) is 9.59 Å². The molecule has 0 saturated heterocycles. The molecule has 1 unspecified atom stereocenters. The van der Waals surface area contributed by atoms with Crippen LogP contribution in [0.25, 0.3) is 10.2 Å². The van der Waals surface area contributed by atoms with E-state index in [0.29, 0.717) is 5.56 Å². The van der Waals surface area contributed by atoms with Crippen LogP contribution in [0.15, 0.2) is 58.9 Å². The summed E-state index contributed by atoms with van der Waals surface area (Å²) in [4.78, 5) is 29.4. The SMILES string of the molecule is O=C(CSc1nc2ccccc2s1)OC(C(=O)NC1CC1)c1ccccc1. The monoisotopic (exact) mass is 398 g/mol. The Kier molecular flexibility index (Phi) is 5.40. The van der Waals surface area contributed by atoms with Crippen molar-refractivity contribution in [3.05, 3.63) is 60.2 Å². The summed E-state index contributed by atoms with van der Waals surface area (Å²) < 4.78 is 7.42. The number of rotatable bonds is 7. The van der Waals surface area contributed by atoms with Gasteiger partial charge in [-0.05, 0) is 25.0 Å². The molecule has 1 atom stereocenters. The van der Waals surface area contributed by atoms with Crippen molar-refractivity contribution in [2.45, 2.75) is 29.3 Å². The van der Waals surface area contributed by atoms with Crippen molar-refractivity contribution in [2.75, 3.05) is 5.75 Å². The zero-order valence-electron chi connectivity index (χ0n) is 14.5. The number of carbonyl (C=O) groups excluding carboxylic acids is 2. The lowest BCUT2D eigenvalue weighted by Crippen LogP contribution is -2.33. The topological polar surface area (TPSA) is 68.3 Å². The molecule has 3 aromatic rings. The minimum Gasteiger partial charge on any atom is -0.447 e. The number of nitrogens with one attached hydrogen (secondary N) is 1. The van der Waals surface area contributed by atoms with E-state index in [-0.39, 0.29) is 17.7 Å². The van der Waals surface area contributed by atoms with E-state index in [1.54, 1.807) is 23.5 Å². The largest absolute Gasteiger partial charge is 0.447 e. The predicted octanol–water partition coefficient (Wildman–Crippen LogP) is 3.95. The van der Waals surface area contributed by atoms with Gasteiger partial charge in [-0.3, -0.25) is 9.59 Å². The van der Waals surface area contributed by atoms with Gasteiger partial charge in [-0.1, -0.05) is 54.2 Å². The molecular formula is C20H18N2O3S2. The van der Waals surface area contributed by atoms with Crippen LogP contribution < -0.4 is 5.32 Å². The summed E-state index contributed by atoms with van der Waals surface area (Å²) in [6, 6.07) is 17.2. The number of thioether (sulfide) groups is 1. The molecule has 138 valence electrons. The number of thiazole rings is 1. The van der Waals surface area contributed by atoms with Gasteiger partial charge in [0.15, 0.2) is 4.34 Å². The van der Waals surface area contributed by atoms with E-state index in [1.165, 1.54) is 11.8 Å². The second kappa shape index (κ2) is 8.10. The minimum absolute atomic E-state index is 0.111. The van der Waals surface area contributed by atoms with Gasteiger partial charge in [0, 0.05) is 11.6 Å². The van der Waals surface area contributed by atoms with Crippen LogP contribution in [0.1, 0.15) is 24.5 Å². The van der Waals surface area contributed by atoms with Crippen molar-refractivity contribution >= 4 is 45.2 Å². The lowest BCUT2D eigenvalue weighted by molar-refractivity contribution is -0.154. The highest BCUT2D eigenvalue weighted by atomic mass is 32.2. The van der Waals surface area contributed by atoms with Crippen LogP contribution in [-0.4, -0.2) is 28.7 Å². The van der Waals surface area contributed by atoms with Gasteiger partial charge in [-0.2, -0.15) is 0 Å². The minimum atomic E-state index is -0.921. The van der Waals surface area contributed by atoms with E-state index < -0.39 is 12.1 Å². The van der Waals surface area contributed by atoms with Crippen LogP contribution in [-0.2, 0) is 14.3 Å². The van der Waals surface area contributed by atoms with Crippen molar-refractivity contribution in [3.63, 3.8) is 0 Å². The van der Waals surface area contributed by atoms with Crippen LogP contribution in [0.4, 0.5) is 0 Å². The van der Waals surface area contributed by atoms with Gasteiger partial charge in [0.1, 0.15) is 0 Å². The average molecular weight is 399 g/mol. The number of fused-ring (bicyclic) bond motifs is 1. The second-order valence-electron chi connectivity index (χ2n) is 6.30. The van der Waals surface area contributed by atoms with Crippen molar-refractivity contribution < 1.29 is 14.3 Å². The highest BCUT2D eigenvalue weighted by Crippen LogP contribution is 2.30. The fourth-order valence-corrected chi connectivity index (χ4v) is 4.46. The molecule has 0 bridgehead atoms. The Morgan fingerprint density at radius 3 is 2.63 bits per heavy atom. The first-order valence-electron chi connectivity index (χ1n) is 8.72. The Bertz CT molecular complexity index is 921. The van der Waals surface area contributed by atoms with E-state index in [2.05, 4.69) is 10.3 Å². The van der Waals surface area contributed by atoms with Crippen LogP contribution in [0, 0.1) is 0 Å². The van der Waals surface area contributed by atoms with Gasteiger partial charge in [-0.15, -0.1) is 11.3 Å². The fourth-order valence-electron chi connectivity index (χ4n) is 2.60.